The fraction of sp³-hybridized carbons (Fsp3) is 0.538. The van der Waals surface area contributed by atoms with E-state index in [0.29, 0.717) is 49.2 Å². The van der Waals surface area contributed by atoms with Crippen molar-refractivity contribution in [1.29, 1.82) is 0 Å². The van der Waals surface area contributed by atoms with E-state index in [1.165, 1.54) is 7.11 Å². The molecule has 1 unspecified atom stereocenters. The first-order valence-corrected chi connectivity index (χ1v) is 6.54. The maximum absolute atomic E-state index is 9.97. The van der Waals surface area contributed by atoms with Crippen molar-refractivity contribution in [2.24, 2.45) is 0 Å². The van der Waals surface area contributed by atoms with Crippen molar-refractivity contribution < 1.29 is 19.3 Å². The Labute approximate surface area is 117 Å². The van der Waals surface area contributed by atoms with E-state index in [0.717, 1.165) is 0 Å². The zero-order valence-corrected chi connectivity index (χ0v) is 11.6. The zero-order valence-electron chi connectivity index (χ0n) is 10.8. The highest BCUT2D eigenvalue weighted by Crippen LogP contribution is 2.33. The van der Waals surface area contributed by atoms with Crippen molar-refractivity contribution in [3.8, 4) is 11.5 Å². The van der Waals surface area contributed by atoms with Gasteiger partial charge in [0.05, 0.1) is 33.0 Å². The van der Waals surface area contributed by atoms with Crippen LogP contribution in [0.5, 0.6) is 11.5 Å². The molecule has 1 aliphatic heterocycles. The van der Waals surface area contributed by atoms with E-state index in [1.807, 2.05) is 0 Å². The van der Waals surface area contributed by atoms with Crippen LogP contribution < -0.4 is 10.1 Å². The molecule has 0 saturated carbocycles. The zero-order chi connectivity index (χ0) is 13.7. The summed E-state index contributed by atoms with van der Waals surface area (Å²) in [5.74, 6) is 0.488. The average Bonchev–Trinajstić information content (AvgIpc) is 2.43. The molecule has 1 aromatic carbocycles. The molecular formula is C13H18ClNO4. The number of halogens is 1. The molecule has 0 aliphatic carbocycles. The SMILES string of the molecule is COc1cc(Cl)cc(CNCC2COCCO2)c1O. The van der Waals surface area contributed by atoms with Gasteiger partial charge in [-0.1, -0.05) is 11.6 Å². The van der Waals surface area contributed by atoms with Crippen LogP contribution in [0.3, 0.4) is 0 Å². The molecule has 19 heavy (non-hydrogen) atoms. The Morgan fingerprint density at radius 3 is 3.00 bits per heavy atom. The molecule has 0 spiro atoms. The number of rotatable bonds is 5. The number of nitrogens with one attached hydrogen (secondary N) is 1. The Balaban J connectivity index is 1.89. The van der Waals surface area contributed by atoms with Crippen molar-refractivity contribution in [2.75, 3.05) is 33.5 Å². The van der Waals surface area contributed by atoms with Gasteiger partial charge in [-0.15, -0.1) is 0 Å². The number of hydrogen-bond acceptors (Lipinski definition) is 5. The quantitative estimate of drug-likeness (QED) is 0.861. The minimum atomic E-state index is 0.0528. The van der Waals surface area contributed by atoms with E-state index in [1.54, 1.807) is 12.1 Å². The Hall–Kier alpha value is -1.01. The molecule has 5 nitrogen and oxygen atoms in total. The fourth-order valence-electron chi connectivity index (χ4n) is 1.94. The van der Waals surface area contributed by atoms with Crippen LogP contribution in [0.15, 0.2) is 12.1 Å². The van der Waals surface area contributed by atoms with Gasteiger partial charge in [0.2, 0.25) is 0 Å². The largest absolute Gasteiger partial charge is 0.504 e. The van der Waals surface area contributed by atoms with Crippen LogP contribution >= 0.6 is 11.6 Å². The summed E-state index contributed by atoms with van der Waals surface area (Å²) in [6.45, 7) is 3.03. The number of ether oxygens (including phenoxy) is 3. The second-order valence-corrected chi connectivity index (χ2v) is 4.75. The Morgan fingerprint density at radius 2 is 2.32 bits per heavy atom. The summed E-state index contributed by atoms with van der Waals surface area (Å²) >= 11 is 5.96. The Bertz CT molecular complexity index is 421. The van der Waals surface area contributed by atoms with E-state index in [2.05, 4.69) is 5.32 Å². The summed E-state index contributed by atoms with van der Waals surface area (Å²) in [6, 6.07) is 3.29. The maximum atomic E-state index is 9.97. The normalized spacial score (nSPS) is 19.4. The fourth-order valence-corrected chi connectivity index (χ4v) is 2.17. The van der Waals surface area contributed by atoms with E-state index >= 15 is 0 Å². The number of benzene rings is 1. The molecule has 2 rings (SSSR count). The average molecular weight is 288 g/mol. The van der Waals surface area contributed by atoms with Crippen LogP contribution in [0.1, 0.15) is 5.56 Å². The van der Waals surface area contributed by atoms with Gasteiger partial charge in [-0.05, 0) is 6.07 Å². The highest BCUT2D eigenvalue weighted by molar-refractivity contribution is 6.30. The lowest BCUT2D eigenvalue weighted by Gasteiger charge is -2.23. The van der Waals surface area contributed by atoms with Crippen molar-refractivity contribution in [3.05, 3.63) is 22.7 Å². The summed E-state index contributed by atoms with van der Waals surface area (Å²) in [5, 5.41) is 13.7. The first-order valence-electron chi connectivity index (χ1n) is 6.16. The predicted octanol–water partition coefficient (Wildman–Crippen LogP) is 1.56. The van der Waals surface area contributed by atoms with Crippen molar-refractivity contribution in [1.82, 2.24) is 5.32 Å². The van der Waals surface area contributed by atoms with Crippen LogP contribution in [0.2, 0.25) is 5.02 Å². The van der Waals surface area contributed by atoms with Gasteiger partial charge >= 0.3 is 0 Å². The molecule has 1 heterocycles. The second-order valence-electron chi connectivity index (χ2n) is 4.31. The van der Waals surface area contributed by atoms with Crippen LogP contribution in [0.4, 0.5) is 0 Å². The number of methoxy groups -OCH3 is 1. The van der Waals surface area contributed by atoms with Gasteiger partial charge in [0.15, 0.2) is 11.5 Å². The lowest BCUT2D eigenvalue weighted by atomic mass is 10.2. The lowest BCUT2D eigenvalue weighted by molar-refractivity contribution is -0.0864. The van der Waals surface area contributed by atoms with Crippen LogP contribution in [-0.2, 0) is 16.0 Å². The topological polar surface area (TPSA) is 60.0 Å². The maximum Gasteiger partial charge on any atom is 0.162 e. The molecule has 6 heteroatoms. The standard InChI is InChI=1S/C13H18ClNO4/c1-17-12-5-10(14)4-9(13(12)16)6-15-7-11-8-18-2-3-19-11/h4-5,11,15-16H,2-3,6-8H2,1H3. The molecule has 2 N–H and O–H groups in total. The predicted molar refractivity (Wildman–Crippen MR) is 71.9 cm³/mol. The van der Waals surface area contributed by atoms with E-state index < -0.39 is 0 Å². The third-order valence-electron chi connectivity index (χ3n) is 2.91. The minimum Gasteiger partial charge on any atom is -0.504 e. The highest BCUT2D eigenvalue weighted by Gasteiger charge is 2.15. The van der Waals surface area contributed by atoms with E-state index in [9.17, 15) is 5.11 Å². The first-order chi connectivity index (χ1) is 9.20. The van der Waals surface area contributed by atoms with Crippen molar-refractivity contribution in [3.63, 3.8) is 0 Å². The molecule has 0 aromatic heterocycles. The van der Waals surface area contributed by atoms with Crippen molar-refractivity contribution >= 4 is 11.6 Å². The molecule has 1 fully saturated rings. The van der Waals surface area contributed by atoms with E-state index in [4.69, 9.17) is 25.8 Å². The van der Waals surface area contributed by atoms with Gasteiger partial charge in [0.25, 0.3) is 0 Å². The first kappa shape index (κ1) is 14.4. The van der Waals surface area contributed by atoms with E-state index in [-0.39, 0.29) is 11.9 Å². The van der Waals surface area contributed by atoms with Gasteiger partial charge in [-0.3, -0.25) is 0 Å². The Morgan fingerprint density at radius 1 is 1.47 bits per heavy atom. The molecule has 1 saturated heterocycles. The van der Waals surface area contributed by atoms with Gasteiger partial charge in [-0.25, -0.2) is 0 Å². The van der Waals surface area contributed by atoms with Crippen LogP contribution in [-0.4, -0.2) is 44.7 Å². The van der Waals surface area contributed by atoms with Gasteiger partial charge in [0.1, 0.15) is 0 Å². The number of phenolic OH excluding ortho intramolecular Hbond substituents is 1. The summed E-state index contributed by atoms with van der Waals surface area (Å²) in [7, 11) is 1.50. The summed E-state index contributed by atoms with van der Waals surface area (Å²) in [6.07, 6.45) is 0.0528. The highest BCUT2D eigenvalue weighted by atomic mass is 35.5. The number of phenols is 1. The Kier molecular flexibility index (Phi) is 5.27. The van der Waals surface area contributed by atoms with Gasteiger partial charge in [0, 0.05) is 29.7 Å². The van der Waals surface area contributed by atoms with Crippen LogP contribution in [0.25, 0.3) is 0 Å². The third kappa shape index (κ3) is 3.98. The molecule has 1 aliphatic rings. The molecule has 0 radical (unpaired) electrons. The molecule has 106 valence electrons. The third-order valence-corrected chi connectivity index (χ3v) is 3.13. The number of aromatic hydroxyl groups is 1. The summed E-state index contributed by atoms with van der Waals surface area (Å²) in [5.41, 5.74) is 0.695. The van der Waals surface area contributed by atoms with Crippen LogP contribution in [0, 0.1) is 0 Å². The van der Waals surface area contributed by atoms with Gasteiger partial charge < -0.3 is 24.6 Å². The molecule has 1 atom stereocenters. The monoisotopic (exact) mass is 287 g/mol. The second kappa shape index (κ2) is 6.96. The summed E-state index contributed by atoms with van der Waals surface area (Å²) < 4.78 is 15.9. The molecular weight excluding hydrogens is 270 g/mol. The molecule has 1 aromatic rings. The minimum absolute atomic E-state index is 0.0528. The smallest absolute Gasteiger partial charge is 0.162 e. The molecule has 0 amide bonds. The van der Waals surface area contributed by atoms with Crippen molar-refractivity contribution in [2.45, 2.75) is 12.6 Å². The molecule has 0 bridgehead atoms. The number of hydrogen-bond donors (Lipinski definition) is 2. The summed E-state index contributed by atoms with van der Waals surface area (Å²) in [4.78, 5) is 0. The lowest BCUT2D eigenvalue weighted by Crippen LogP contribution is -2.37. The van der Waals surface area contributed by atoms with Gasteiger partial charge in [-0.2, -0.15) is 0 Å².